The number of ether oxygens (including phenoxy) is 2. The molecule has 3 rings (SSSR count). The number of rotatable bonds is 3. The minimum atomic E-state index is -1.03. The molecule has 0 saturated carbocycles. The Balaban J connectivity index is 2.40. The van der Waals surface area contributed by atoms with Crippen LogP contribution in [-0.4, -0.2) is 5.97 Å². The van der Waals surface area contributed by atoms with Crippen molar-refractivity contribution in [1.29, 1.82) is 0 Å². The fourth-order valence-corrected chi connectivity index (χ4v) is 3.43. The zero-order valence-corrected chi connectivity index (χ0v) is 14.4. The molecular weight excluding hydrogens is 312 g/mol. The highest BCUT2D eigenvalue weighted by atomic mass is 16.6. The van der Waals surface area contributed by atoms with Crippen molar-refractivity contribution in [3.63, 3.8) is 0 Å². The molecule has 2 heterocycles. The van der Waals surface area contributed by atoms with E-state index in [1.54, 1.807) is 24.3 Å². The van der Waals surface area contributed by atoms with Crippen molar-refractivity contribution in [2.45, 2.75) is 19.4 Å². The van der Waals surface area contributed by atoms with Crippen LogP contribution in [0.2, 0.25) is 0 Å². The summed E-state index contributed by atoms with van der Waals surface area (Å²) in [5.41, 5.74) is 1.91. The van der Waals surface area contributed by atoms with E-state index in [0.29, 0.717) is 17.1 Å². The van der Waals surface area contributed by atoms with Crippen LogP contribution in [0.1, 0.15) is 29.8 Å². The molecule has 0 aromatic heterocycles. The zero-order valence-electron chi connectivity index (χ0n) is 14.4. The molecule has 126 valence electrons. The Morgan fingerprint density at radius 1 is 1.16 bits per heavy atom. The van der Waals surface area contributed by atoms with Crippen LogP contribution < -0.4 is 0 Å². The first-order valence-electron chi connectivity index (χ1n) is 8.11. The van der Waals surface area contributed by atoms with E-state index in [0.717, 1.165) is 16.7 Å². The number of hydrogen-bond acceptors (Lipinski definition) is 3. The summed E-state index contributed by atoms with van der Waals surface area (Å²) in [6, 6.07) is 7.46. The van der Waals surface area contributed by atoms with Crippen molar-refractivity contribution in [2.24, 2.45) is 0 Å². The van der Waals surface area contributed by atoms with E-state index in [1.165, 1.54) is 0 Å². The van der Waals surface area contributed by atoms with Gasteiger partial charge in [0.15, 0.2) is 5.60 Å². The van der Waals surface area contributed by atoms with Gasteiger partial charge in [0, 0.05) is 16.7 Å². The third kappa shape index (κ3) is 2.40. The SMILES string of the molecule is C=C/C=C\C1=C(C)OC(=C/C=C)/C(=C\C)C12OC(=O)c1ccccc12. The first-order valence-corrected chi connectivity index (χ1v) is 8.11. The molecule has 0 amide bonds. The van der Waals surface area contributed by atoms with Gasteiger partial charge in [0.2, 0.25) is 0 Å². The second-order valence-corrected chi connectivity index (χ2v) is 5.75. The van der Waals surface area contributed by atoms with E-state index >= 15 is 0 Å². The van der Waals surface area contributed by atoms with Crippen LogP contribution in [0.5, 0.6) is 0 Å². The highest BCUT2D eigenvalue weighted by molar-refractivity contribution is 5.96. The van der Waals surface area contributed by atoms with E-state index in [2.05, 4.69) is 13.2 Å². The molecule has 3 nitrogen and oxygen atoms in total. The molecule has 1 unspecified atom stereocenters. The molecule has 0 N–H and O–H groups in total. The summed E-state index contributed by atoms with van der Waals surface area (Å²) in [5, 5.41) is 0. The maximum absolute atomic E-state index is 12.6. The van der Waals surface area contributed by atoms with Crippen LogP contribution in [0.25, 0.3) is 0 Å². The number of esters is 1. The Bertz CT molecular complexity index is 880. The first-order chi connectivity index (χ1) is 12.1. The van der Waals surface area contributed by atoms with E-state index in [-0.39, 0.29) is 5.97 Å². The summed E-state index contributed by atoms with van der Waals surface area (Å²) in [6.45, 7) is 11.3. The molecule has 1 atom stereocenters. The molecule has 3 heteroatoms. The highest BCUT2D eigenvalue weighted by Crippen LogP contribution is 2.53. The summed E-state index contributed by atoms with van der Waals surface area (Å²) >= 11 is 0. The quantitative estimate of drug-likeness (QED) is 0.569. The van der Waals surface area contributed by atoms with Gasteiger partial charge in [0.25, 0.3) is 0 Å². The Labute approximate surface area is 148 Å². The Kier molecular flexibility index (Phi) is 4.32. The largest absolute Gasteiger partial charge is 0.461 e. The van der Waals surface area contributed by atoms with Gasteiger partial charge >= 0.3 is 5.97 Å². The van der Waals surface area contributed by atoms with Gasteiger partial charge < -0.3 is 9.47 Å². The predicted octanol–water partition coefficient (Wildman–Crippen LogP) is 5.11. The molecule has 1 aromatic carbocycles. The fourth-order valence-electron chi connectivity index (χ4n) is 3.43. The lowest BCUT2D eigenvalue weighted by Crippen LogP contribution is -2.36. The molecule has 0 fully saturated rings. The maximum atomic E-state index is 12.6. The van der Waals surface area contributed by atoms with Crippen LogP contribution in [-0.2, 0) is 15.1 Å². The van der Waals surface area contributed by atoms with Crippen molar-refractivity contribution in [3.8, 4) is 0 Å². The lowest BCUT2D eigenvalue weighted by atomic mass is 9.76. The maximum Gasteiger partial charge on any atom is 0.340 e. The summed E-state index contributed by atoms with van der Waals surface area (Å²) < 4.78 is 12.0. The van der Waals surface area contributed by atoms with Gasteiger partial charge in [0.05, 0.1) is 5.56 Å². The molecule has 2 aliphatic heterocycles. The minimum absolute atomic E-state index is 0.341. The summed E-state index contributed by atoms with van der Waals surface area (Å²) in [7, 11) is 0. The van der Waals surface area contributed by atoms with Gasteiger partial charge in [-0.3, -0.25) is 0 Å². The number of benzene rings is 1. The van der Waals surface area contributed by atoms with Crippen molar-refractivity contribution < 1.29 is 14.3 Å². The van der Waals surface area contributed by atoms with E-state index in [1.807, 2.05) is 50.3 Å². The molecule has 0 radical (unpaired) electrons. The van der Waals surface area contributed by atoms with Crippen LogP contribution >= 0.6 is 0 Å². The Morgan fingerprint density at radius 3 is 2.60 bits per heavy atom. The van der Waals surface area contributed by atoms with E-state index < -0.39 is 5.60 Å². The molecule has 0 aliphatic carbocycles. The van der Waals surface area contributed by atoms with Gasteiger partial charge in [-0.2, -0.15) is 0 Å². The van der Waals surface area contributed by atoms with Gasteiger partial charge in [-0.05, 0) is 26.0 Å². The van der Waals surface area contributed by atoms with Gasteiger partial charge in [0.1, 0.15) is 11.5 Å². The predicted molar refractivity (Wildman–Crippen MR) is 98.7 cm³/mol. The molecular formula is C22H20O3. The van der Waals surface area contributed by atoms with Crippen LogP contribution in [0, 0.1) is 0 Å². The first kappa shape index (κ1) is 16.8. The number of allylic oxidation sites excluding steroid dienone is 6. The Morgan fingerprint density at radius 2 is 1.92 bits per heavy atom. The third-order valence-corrected chi connectivity index (χ3v) is 4.40. The smallest absolute Gasteiger partial charge is 0.340 e. The van der Waals surface area contributed by atoms with E-state index in [9.17, 15) is 4.79 Å². The lowest BCUT2D eigenvalue weighted by Gasteiger charge is -2.38. The van der Waals surface area contributed by atoms with Crippen LogP contribution in [0.3, 0.4) is 0 Å². The number of carbonyl (C=O) groups excluding carboxylic acids is 1. The normalized spacial score (nSPS) is 25.4. The summed E-state index contributed by atoms with van der Waals surface area (Å²) in [6.07, 6.45) is 10.7. The summed E-state index contributed by atoms with van der Waals surface area (Å²) in [4.78, 5) is 12.6. The molecule has 2 aliphatic rings. The Hall–Kier alpha value is -3.07. The monoisotopic (exact) mass is 332 g/mol. The summed E-state index contributed by atoms with van der Waals surface area (Å²) in [5.74, 6) is 0.948. The van der Waals surface area contributed by atoms with Crippen LogP contribution in [0.15, 0.2) is 96.5 Å². The standard InChI is InChI=1S/C22H20O3/c1-5-8-13-18-15(4)24-20(11-6-2)17(7-3)22(18)19-14-10-9-12-16(19)21(23)25-22/h5-14H,1-2H2,3-4H3/b13-8-,17-7+,20-11+. The number of carbonyl (C=O) groups is 1. The average Bonchev–Trinajstić information content (AvgIpc) is 2.89. The molecule has 1 spiro atoms. The second kappa shape index (κ2) is 6.44. The van der Waals surface area contributed by atoms with E-state index in [4.69, 9.17) is 9.47 Å². The molecule has 1 aromatic rings. The van der Waals surface area contributed by atoms with Gasteiger partial charge in [-0.1, -0.05) is 61.7 Å². The number of fused-ring (bicyclic) bond motifs is 2. The topological polar surface area (TPSA) is 35.5 Å². The lowest BCUT2D eigenvalue weighted by molar-refractivity contribution is 0.0175. The molecule has 0 saturated heterocycles. The number of hydrogen-bond donors (Lipinski definition) is 0. The average molecular weight is 332 g/mol. The van der Waals surface area contributed by atoms with Crippen molar-refractivity contribution in [3.05, 3.63) is 108 Å². The van der Waals surface area contributed by atoms with Gasteiger partial charge in [-0.15, -0.1) is 0 Å². The van der Waals surface area contributed by atoms with Crippen molar-refractivity contribution >= 4 is 5.97 Å². The third-order valence-electron chi connectivity index (χ3n) is 4.40. The van der Waals surface area contributed by atoms with Crippen LogP contribution in [0.4, 0.5) is 0 Å². The van der Waals surface area contributed by atoms with Crippen molar-refractivity contribution in [2.75, 3.05) is 0 Å². The zero-order chi connectivity index (χ0) is 18.0. The molecule has 0 bridgehead atoms. The fraction of sp³-hybridized carbons (Fsp3) is 0.136. The van der Waals surface area contributed by atoms with Gasteiger partial charge in [-0.25, -0.2) is 4.79 Å². The second-order valence-electron chi connectivity index (χ2n) is 5.75. The highest BCUT2D eigenvalue weighted by Gasteiger charge is 2.54. The molecule has 25 heavy (non-hydrogen) atoms. The van der Waals surface area contributed by atoms with Crippen molar-refractivity contribution in [1.82, 2.24) is 0 Å². The minimum Gasteiger partial charge on any atom is -0.461 e.